The molecule has 0 aliphatic carbocycles. The van der Waals surface area contributed by atoms with Crippen LogP contribution in [0.5, 0.6) is 5.75 Å². The predicted octanol–water partition coefficient (Wildman–Crippen LogP) is 1.67. The van der Waals surface area contributed by atoms with E-state index in [1.807, 2.05) is 0 Å². The van der Waals surface area contributed by atoms with E-state index in [1.54, 1.807) is 6.92 Å². The standard InChI is InChI=1S/C18H15F2NO6/c1-2-25-18(24)14-13(10-4-3-8(19)5-11(10)20)16-15(27-17(14)21)12(23)6-9(7-22)26-16/h3-6,13,22H,2,7,21H2,1H3. The molecule has 9 heteroatoms. The minimum absolute atomic E-state index is 0.00170. The van der Waals surface area contributed by atoms with Crippen LogP contribution in [0.25, 0.3) is 0 Å². The van der Waals surface area contributed by atoms with Crippen molar-refractivity contribution in [2.45, 2.75) is 19.4 Å². The van der Waals surface area contributed by atoms with Crippen molar-refractivity contribution in [1.29, 1.82) is 0 Å². The van der Waals surface area contributed by atoms with Crippen LogP contribution < -0.4 is 15.9 Å². The molecule has 0 bridgehead atoms. The van der Waals surface area contributed by atoms with Crippen LogP contribution in [0.1, 0.15) is 29.9 Å². The van der Waals surface area contributed by atoms with Gasteiger partial charge >= 0.3 is 5.97 Å². The summed E-state index contributed by atoms with van der Waals surface area (Å²) >= 11 is 0. The monoisotopic (exact) mass is 379 g/mol. The lowest BCUT2D eigenvalue weighted by molar-refractivity contribution is -0.139. The van der Waals surface area contributed by atoms with Gasteiger partial charge in [0.05, 0.1) is 12.5 Å². The van der Waals surface area contributed by atoms with Crippen LogP contribution >= 0.6 is 0 Å². The molecular weight excluding hydrogens is 364 g/mol. The minimum atomic E-state index is -1.33. The molecule has 0 fully saturated rings. The van der Waals surface area contributed by atoms with E-state index in [0.29, 0.717) is 6.07 Å². The van der Waals surface area contributed by atoms with Crippen LogP contribution in [0, 0.1) is 11.6 Å². The zero-order valence-electron chi connectivity index (χ0n) is 14.1. The van der Waals surface area contributed by atoms with Crippen molar-refractivity contribution >= 4 is 5.97 Å². The Morgan fingerprint density at radius 1 is 1.33 bits per heavy atom. The molecule has 1 unspecified atom stereocenters. The van der Waals surface area contributed by atoms with Gasteiger partial charge in [-0.25, -0.2) is 13.6 Å². The Balaban J connectivity index is 2.31. The van der Waals surface area contributed by atoms with E-state index in [-0.39, 0.29) is 35.0 Å². The van der Waals surface area contributed by atoms with Gasteiger partial charge in [-0.05, 0) is 13.0 Å². The molecule has 1 aliphatic rings. The van der Waals surface area contributed by atoms with Crippen molar-refractivity contribution in [3.63, 3.8) is 0 Å². The van der Waals surface area contributed by atoms with Gasteiger partial charge in [-0.1, -0.05) is 6.07 Å². The molecule has 1 aromatic heterocycles. The highest BCUT2D eigenvalue weighted by Crippen LogP contribution is 2.42. The zero-order valence-corrected chi connectivity index (χ0v) is 14.1. The number of carbonyl (C=O) groups is 1. The van der Waals surface area contributed by atoms with Gasteiger partial charge in [0.15, 0.2) is 5.76 Å². The lowest BCUT2D eigenvalue weighted by atomic mass is 9.86. The summed E-state index contributed by atoms with van der Waals surface area (Å²) in [6.07, 6.45) is 0. The third-order valence-electron chi connectivity index (χ3n) is 3.93. The number of benzene rings is 1. The van der Waals surface area contributed by atoms with E-state index in [1.165, 1.54) is 0 Å². The number of rotatable bonds is 4. The number of esters is 1. The number of ether oxygens (including phenoxy) is 2. The highest BCUT2D eigenvalue weighted by atomic mass is 19.1. The molecule has 0 radical (unpaired) electrons. The fourth-order valence-corrected chi connectivity index (χ4v) is 2.82. The Kier molecular flexibility index (Phi) is 4.95. The van der Waals surface area contributed by atoms with Gasteiger partial charge in [0.2, 0.25) is 17.1 Å². The zero-order chi connectivity index (χ0) is 19.7. The third-order valence-corrected chi connectivity index (χ3v) is 3.93. The second kappa shape index (κ2) is 7.20. The summed E-state index contributed by atoms with van der Waals surface area (Å²) in [6, 6.07) is 3.69. The van der Waals surface area contributed by atoms with Gasteiger partial charge in [-0.2, -0.15) is 0 Å². The quantitative estimate of drug-likeness (QED) is 0.777. The molecule has 27 heavy (non-hydrogen) atoms. The number of carbonyl (C=O) groups excluding carboxylic acids is 1. The van der Waals surface area contributed by atoms with E-state index in [4.69, 9.17) is 19.6 Å². The molecule has 2 aromatic rings. The number of hydrogen-bond acceptors (Lipinski definition) is 7. The van der Waals surface area contributed by atoms with Crippen LogP contribution in [0.4, 0.5) is 8.78 Å². The van der Waals surface area contributed by atoms with Gasteiger partial charge in [-0.3, -0.25) is 4.79 Å². The Morgan fingerprint density at radius 3 is 2.70 bits per heavy atom. The van der Waals surface area contributed by atoms with E-state index in [2.05, 4.69) is 0 Å². The number of fused-ring (bicyclic) bond motifs is 1. The molecule has 3 rings (SSSR count). The summed E-state index contributed by atoms with van der Waals surface area (Å²) in [5, 5.41) is 9.30. The number of hydrogen-bond donors (Lipinski definition) is 2. The smallest absolute Gasteiger partial charge is 0.340 e. The first kappa shape index (κ1) is 18.6. The maximum atomic E-state index is 14.5. The molecule has 1 aromatic carbocycles. The molecule has 142 valence electrons. The average Bonchev–Trinajstić information content (AvgIpc) is 2.61. The summed E-state index contributed by atoms with van der Waals surface area (Å²) in [5.41, 5.74) is 4.65. The highest BCUT2D eigenvalue weighted by molar-refractivity contribution is 5.92. The molecule has 1 atom stereocenters. The van der Waals surface area contributed by atoms with Crippen molar-refractivity contribution in [1.82, 2.24) is 0 Å². The highest BCUT2D eigenvalue weighted by Gasteiger charge is 2.40. The van der Waals surface area contributed by atoms with Crippen molar-refractivity contribution in [2.75, 3.05) is 6.61 Å². The molecule has 7 nitrogen and oxygen atoms in total. The second-order valence-corrected chi connectivity index (χ2v) is 5.63. The van der Waals surface area contributed by atoms with Crippen LogP contribution in [-0.4, -0.2) is 17.7 Å². The molecule has 0 saturated heterocycles. The molecule has 0 amide bonds. The summed E-state index contributed by atoms with van der Waals surface area (Å²) in [5.74, 6) is -5.24. The predicted molar refractivity (Wildman–Crippen MR) is 87.6 cm³/mol. The number of aliphatic hydroxyl groups excluding tert-OH is 1. The molecule has 1 aliphatic heterocycles. The van der Waals surface area contributed by atoms with E-state index < -0.39 is 41.4 Å². The van der Waals surface area contributed by atoms with Crippen molar-refractivity contribution in [2.24, 2.45) is 5.73 Å². The van der Waals surface area contributed by atoms with Crippen LogP contribution in [0.15, 0.2) is 44.9 Å². The van der Waals surface area contributed by atoms with Gasteiger partial charge in [0.25, 0.3) is 0 Å². The molecular formula is C18H15F2NO6. The maximum Gasteiger partial charge on any atom is 0.340 e. The third kappa shape index (κ3) is 3.28. The Bertz CT molecular complexity index is 998. The second-order valence-electron chi connectivity index (χ2n) is 5.63. The van der Waals surface area contributed by atoms with Crippen molar-refractivity contribution in [3.8, 4) is 5.75 Å². The average molecular weight is 379 g/mol. The number of aliphatic hydroxyl groups is 1. The lowest BCUT2D eigenvalue weighted by Crippen LogP contribution is -2.30. The van der Waals surface area contributed by atoms with E-state index in [0.717, 1.165) is 18.2 Å². The topological polar surface area (TPSA) is 112 Å². The van der Waals surface area contributed by atoms with E-state index in [9.17, 15) is 23.5 Å². The van der Waals surface area contributed by atoms with Gasteiger partial charge in [0.1, 0.15) is 29.6 Å². The SMILES string of the molecule is CCOC(=O)C1=C(N)Oc2c(oc(CO)cc2=O)C1c1ccc(F)cc1F. The number of nitrogens with two attached hydrogens (primary N) is 1. The Hall–Kier alpha value is -3.20. The fraction of sp³-hybridized carbons (Fsp3) is 0.222. The first-order valence-electron chi connectivity index (χ1n) is 7.94. The molecule has 3 N–H and O–H groups in total. The molecule has 0 saturated carbocycles. The Morgan fingerprint density at radius 2 is 2.07 bits per heavy atom. The minimum Gasteiger partial charge on any atom is -0.462 e. The van der Waals surface area contributed by atoms with Crippen LogP contribution in [0.3, 0.4) is 0 Å². The van der Waals surface area contributed by atoms with Gasteiger partial charge in [0, 0.05) is 17.7 Å². The number of halogens is 2. The maximum absolute atomic E-state index is 14.5. The van der Waals surface area contributed by atoms with Crippen LogP contribution in [-0.2, 0) is 16.1 Å². The Labute approximate surface area is 151 Å². The van der Waals surface area contributed by atoms with Gasteiger partial charge in [-0.15, -0.1) is 0 Å². The summed E-state index contributed by atoms with van der Waals surface area (Å²) in [4.78, 5) is 24.7. The van der Waals surface area contributed by atoms with Crippen molar-refractivity contribution in [3.05, 3.63) is 74.7 Å². The normalized spacial score (nSPS) is 15.9. The first-order valence-corrected chi connectivity index (χ1v) is 7.94. The largest absolute Gasteiger partial charge is 0.462 e. The van der Waals surface area contributed by atoms with Crippen LogP contribution in [0.2, 0.25) is 0 Å². The molecule has 0 spiro atoms. The van der Waals surface area contributed by atoms with E-state index >= 15 is 0 Å². The van der Waals surface area contributed by atoms with Gasteiger partial charge < -0.3 is 24.7 Å². The summed E-state index contributed by atoms with van der Waals surface area (Å²) in [7, 11) is 0. The summed E-state index contributed by atoms with van der Waals surface area (Å²) in [6.45, 7) is 0.945. The first-order chi connectivity index (χ1) is 12.9. The van der Waals surface area contributed by atoms with Crippen molar-refractivity contribution < 1.29 is 32.6 Å². The molecule has 2 heterocycles. The fourth-order valence-electron chi connectivity index (χ4n) is 2.82. The summed E-state index contributed by atoms with van der Waals surface area (Å²) < 4.78 is 43.5. The lowest BCUT2D eigenvalue weighted by Gasteiger charge is -2.27.